The molecule has 4 heteroatoms. The van der Waals surface area contributed by atoms with Crippen molar-refractivity contribution in [3.63, 3.8) is 0 Å². The van der Waals surface area contributed by atoms with E-state index in [1.165, 1.54) is 12.8 Å². The highest BCUT2D eigenvalue weighted by molar-refractivity contribution is 5.86. The van der Waals surface area contributed by atoms with Gasteiger partial charge < -0.3 is 16.0 Å². The number of benzene rings is 1. The van der Waals surface area contributed by atoms with E-state index in [2.05, 4.69) is 30.2 Å². The third kappa shape index (κ3) is 2.95. The standard InChI is InChI=1S/C17H23N3O/c1-17(2,12-7-8-12)20-16(21)14(18)9-11-10-19-15-6-4-3-5-13(11)15/h3-6,10,12,14,19H,7-9,18H2,1-2H3,(H,20,21). The highest BCUT2D eigenvalue weighted by Crippen LogP contribution is 2.39. The first-order valence-electron chi connectivity index (χ1n) is 7.60. The van der Waals surface area contributed by atoms with Gasteiger partial charge in [-0.2, -0.15) is 0 Å². The molecule has 1 saturated carbocycles. The largest absolute Gasteiger partial charge is 0.361 e. The number of para-hydroxylation sites is 1. The Morgan fingerprint density at radius 3 is 2.86 bits per heavy atom. The van der Waals surface area contributed by atoms with E-state index in [1.807, 2.05) is 24.4 Å². The second kappa shape index (κ2) is 5.19. The van der Waals surface area contributed by atoms with Gasteiger partial charge in [0.15, 0.2) is 0 Å². The van der Waals surface area contributed by atoms with Crippen molar-refractivity contribution < 1.29 is 4.79 Å². The van der Waals surface area contributed by atoms with Crippen LogP contribution in [0.3, 0.4) is 0 Å². The van der Waals surface area contributed by atoms with Crippen molar-refractivity contribution in [2.75, 3.05) is 0 Å². The molecule has 0 saturated heterocycles. The molecule has 3 rings (SSSR count). The summed E-state index contributed by atoms with van der Waals surface area (Å²) in [7, 11) is 0. The summed E-state index contributed by atoms with van der Waals surface area (Å²) in [6.07, 6.45) is 4.90. The highest BCUT2D eigenvalue weighted by Gasteiger charge is 2.39. The van der Waals surface area contributed by atoms with Crippen molar-refractivity contribution in [3.8, 4) is 0 Å². The van der Waals surface area contributed by atoms with Gasteiger partial charge in [-0.15, -0.1) is 0 Å². The molecule has 21 heavy (non-hydrogen) atoms. The summed E-state index contributed by atoms with van der Waals surface area (Å²) >= 11 is 0. The predicted molar refractivity (Wildman–Crippen MR) is 84.9 cm³/mol. The number of fused-ring (bicyclic) bond motifs is 1. The number of hydrogen-bond acceptors (Lipinski definition) is 2. The molecule has 1 aliphatic rings. The SMILES string of the molecule is CC(C)(NC(=O)C(N)Cc1c[nH]c2ccccc12)C1CC1. The van der Waals surface area contributed by atoms with Gasteiger partial charge in [0.1, 0.15) is 0 Å². The summed E-state index contributed by atoms with van der Waals surface area (Å²) in [6, 6.07) is 7.57. The van der Waals surface area contributed by atoms with Crippen LogP contribution >= 0.6 is 0 Å². The highest BCUT2D eigenvalue weighted by atomic mass is 16.2. The number of amides is 1. The Bertz CT molecular complexity index is 655. The Morgan fingerprint density at radius 2 is 2.14 bits per heavy atom. The lowest BCUT2D eigenvalue weighted by atomic mass is 9.97. The van der Waals surface area contributed by atoms with Crippen molar-refractivity contribution in [2.24, 2.45) is 11.7 Å². The lowest BCUT2D eigenvalue weighted by Gasteiger charge is -2.27. The average Bonchev–Trinajstić information content (AvgIpc) is 3.23. The van der Waals surface area contributed by atoms with Gasteiger partial charge in [0.05, 0.1) is 6.04 Å². The molecule has 1 amide bonds. The summed E-state index contributed by atoms with van der Waals surface area (Å²) in [5.74, 6) is 0.541. The quantitative estimate of drug-likeness (QED) is 0.789. The predicted octanol–water partition coefficient (Wildman–Crippen LogP) is 2.34. The third-order valence-corrected chi connectivity index (χ3v) is 4.49. The topological polar surface area (TPSA) is 70.9 Å². The molecule has 0 radical (unpaired) electrons. The lowest BCUT2D eigenvalue weighted by Crippen LogP contribution is -2.52. The summed E-state index contributed by atoms with van der Waals surface area (Å²) in [4.78, 5) is 15.5. The number of aromatic amines is 1. The molecule has 0 aliphatic heterocycles. The summed E-state index contributed by atoms with van der Waals surface area (Å²) < 4.78 is 0. The van der Waals surface area contributed by atoms with Gasteiger partial charge in [-0.1, -0.05) is 18.2 Å². The van der Waals surface area contributed by atoms with Crippen molar-refractivity contribution in [1.29, 1.82) is 0 Å². The van der Waals surface area contributed by atoms with Gasteiger partial charge in [-0.3, -0.25) is 4.79 Å². The van der Waals surface area contributed by atoms with Gasteiger partial charge in [0, 0.05) is 22.6 Å². The molecule has 1 fully saturated rings. The zero-order valence-electron chi connectivity index (χ0n) is 12.6. The van der Waals surface area contributed by atoms with Crippen molar-refractivity contribution in [3.05, 3.63) is 36.0 Å². The Hall–Kier alpha value is -1.81. The zero-order valence-corrected chi connectivity index (χ0v) is 12.6. The number of carbonyl (C=O) groups excluding carboxylic acids is 1. The fourth-order valence-corrected chi connectivity index (χ4v) is 2.95. The van der Waals surface area contributed by atoms with Crippen LogP contribution < -0.4 is 11.1 Å². The number of nitrogens with one attached hydrogen (secondary N) is 2. The van der Waals surface area contributed by atoms with Crippen LogP contribution in [0, 0.1) is 5.92 Å². The molecule has 0 spiro atoms. The van der Waals surface area contributed by atoms with Crippen molar-refractivity contribution in [2.45, 2.75) is 44.7 Å². The van der Waals surface area contributed by atoms with Crippen LogP contribution in [0.25, 0.3) is 10.9 Å². The van der Waals surface area contributed by atoms with Crippen LogP contribution in [0.2, 0.25) is 0 Å². The Labute approximate surface area is 125 Å². The van der Waals surface area contributed by atoms with E-state index < -0.39 is 6.04 Å². The number of aromatic nitrogens is 1. The molecule has 1 aromatic carbocycles. The van der Waals surface area contributed by atoms with Crippen LogP contribution in [-0.2, 0) is 11.2 Å². The average molecular weight is 285 g/mol. The molecule has 1 unspecified atom stereocenters. The van der Waals surface area contributed by atoms with E-state index in [9.17, 15) is 4.79 Å². The minimum absolute atomic E-state index is 0.0582. The molecule has 2 aromatic rings. The maximum atomic E-state index is 12.3. The molecule has 0 bridgehead atoms. The maximum Gasteiger partial charge on any atom is 0.237 e. The molecule has 1 aliphatic carbocycles. The Morgan fingerprint density at radius 1 is 1.43 bits per heavy atom. The van der Waals surface area contributed by atoms with Crippen LogP contribution in [0.1, 0.15) is 32.3 Å². The zero-order chi connectivity index (χ0) is 15.0. The minimum atomic E-state index is -0.512. The summed E-state index contributed by atoms with van der Waals surface area (Å²) in [5.41, 5.74) is 8.13. The molecule has 1 aromatic heterocycles. The minimum Gasteiger partial charge on any atom is -0.361 e. The second-order valence-electron chi connectivity index (χ2n) is 6.66. The summed E-state index contributed by atoms with van der Waals surface area (Å²) in [5, 5.41) is 4.25. The smallest absolute Gasteiger partial charge is 0.237 e. The number of H-pyrrole nitrogens is 1. The summed E-state index contributed by atoms with van der Waals surface area (Å²) in [6.45, 7) is 4.17. The first-order valence-corrected chi connectivity index (χ1v) is 7.60. The lowest BCUT2D eigenvalue weighted by molar-refractivity contribution is -0.124. The Balaban J connectivity index is 1.68. The van der Waals surface area contributed by atoms with Gasteiger partial charge in [-0.25, -0.2) is 0 Å². The van der Waals surface area contributed by atoms with E-state index in [4.69, 9.17) is 5.73 Å². The van der Waals surface area contributed by atoms with E-state index in [0.29, 0.717) is 12.3 Å². The van der Waals surface area contributed by atoms with E-state index in [1.54, 1.807) is 0 Å². The number of carbonyl (C=O) groups is 1. The van der Waals surface area contributed by atoms with Gasteiger partial charge in [0.2, 0.25) is 5.91 Å². The number of hydrogen-bond donors (Lipinski definition) is 3. The maximum absolute atomic E-state index is 12.3. The van der Waals surface area contributed by atoms with Gasteiger partial charge >= 0.3 is 0 Å². The normalized spacial score (nSPS) is 16.9. The van der Waals surface area contributed by atoms with Gasteiger partial charge in [-0.05, 0) is 50.7 Å². The molecular formula is C17H23N3O. The second-order valence-corrected chi connectivity index (χ2v) is 6.66. The molecule has 4 N–H and O–H groups in total. The molecular weight excluding hydrogens is 262 g/mol. The number of nitrogens with two attached hydrogens (primary N) is 1. The van der Waals surface area contributed by atoms with Crippen LogP contribution in [0.5, 0.6) is 0 Å². The van der Waals surface area contributed by atoms with E-state index in [-0.39, 0.29) is 11.4 Å². The molecule has 1 atom stereocenters. The van der Waals surface area contributed by atoms with E-state index >= 15 is 0 Å². The third-order valence-electron chi connectivity index (χ3n) is 4.49. The molecule has 4 nitrogen and oxygen atoms in total. The molecule has 112 valence electrons. The fraction of sp³-hybridized carbons (Fsp3) is 0.471. The first kappa shape index (κ1) is 14.1. The Kier molecular flexibility index (Phi) is 3.49. The first-order chi connectivity index (χ1) is 9.97. The van der Waals surface area contributed by atoms with Crippen LogP contribution in [0.4, 0.5) is 0 Å². The van der Waals surface area contributed by atoms with Crippen molar-refractivity contribution in [1.82, 2.24) is 10.3 Å². The molecule has 1 heterocycles. The van der Waals surface area contributed by atoms with Crippen LogP contribution in [-0.4, -0.2) is 22.5 Å². The van der Waals surface area contributed by atoms with E-state index in [0.717, 1.165) is 16.5 Å². The van der Waals surface area contributed by atoms with Gasteiger partial charge in [0.25, 0.3) is 0 Å². The fourth-order valence-electron chi connectivity index (χ4n) is 2.95. The van der Waals surface area contributed by atoms with Crippen LogP contribution in [0.15, 0.2) is 30.5 Å². The van der Waals surface area contributed by atoms with Crippen molar-refractivity contribution >= 4 is 16.8 Å². The number of rotatable bonds is 5. The monoisotopic (exact) mass is 285 g/mol.